The minimum absolute atomic E-state index is 0.0512. The van der Waals surface area contributed by atoms with Gasteiger partial charge in [0.25, 0.3) is 0 Å². The highest BCUT2D eigenvalue weighted by Gasteiger charge is 2.22. The van der Waals surface area contributed by atoms with Crippen molar-refractivity contribution in [2.75, 3.05) is 10.7 Å². The lowest BCUT2D eigenvalue weighted by Crippen LogP contribution is -2.13. The number of anilines is 2. The molecule has 0 bridgehead atoms. The third-order valence-electron chi connectivity index (χ3n) is 2.18. The summed E-state index contributed by atoms with van der Waals surface area (Å²) in [4.78, 5) is 17.8. The largest absolute Gasteiger partial charge is 0.472 e. The second kappa shape index (κ2) is 5.10. The first kappa shape index (κ1) is 11.8. The van der Waals surface area contributed by atoms with E-state index in [1.807, 2.05) is 0 Å². The van der Waals surface area contributed by atoms with Gasteiger partial charge in [-0.25, -0.2) is 15.8 Å². The van der Waals surface area contributed by atoms with E-state index in [-0.39, 0.29) is 17.3 Å². The maximum atomic E-state index is 10.9. The Morgan fingerprint density at radius 2 is 2.22 bits per heavy atom. The molecule has 9 heteroatoms. The Bertz CT molecular complexity index is 541. The van der Waals surface area contributed by atoms with E-state index in [4.69, 9.17) is 10.3 Å². The summed E-state index contributed by atoms with van der Waals surface area (Å²) in [7, 11) is 0. The van der Waals surface area contributed by atoms with E-state index in [9.17, 15) is 10.1 Å². The molecule has 9 nitrogen and oxygen atoms in total. The van der Waals surface area contributed by atoms with Gasteiger partial charge in [-0.2, -0.15) is 0 Å². The van der Waals surface area contributed by atoms with Gasteiger partial charge in [0.15, 0.2) is 0 Å². The highest BCUT2D eigenvalue weighted by atomic mass is 16.6. The molecule has 0 aromatic carbocycles. The molecule has 0 saturated heterocycles. The molecule has 0 amide bonds. The lowest BCUT2D eigenvalue weighted by molar-refractivity contribution is -0.383. The van der Waals surface area contributed by atoms with Gasteiger partial charge in [0.1, 0.15) is 6.33 Å². The number of hydrogen-bond acceptors (Lipinski definition) is 8. The molecular formula is C9H10N6O3. The number of nitrogens with two attached hydrogens (primary N) is 1. The summed E-state index contributed by atoms with van der Waals surface area (Å²) < 4.78 is 4.89. The fraction of sp³-hybridized carbons (Fsp3) is 0.111. The van der Waals surface area contributed by atoms with Gasteiger partial charge in [0.05, 0.1) is 17.4 Å². The Kier molecular flexibility index (Phi) is 3.34. The molecule has 0 radical (unpaired) electrons. The summed E-state index contributed by atoms with van der Waals surface area (Å²) in [6.07, 6.45) is 4.22. The average molecular weight is 250 g/mol. The van der Waals surface area contributed by atoms with Crippen molar-refractivity contribution in [3.8, 4) is 0 Å². The number of aromatic nitrogens is 2. The number of hydrazine groups is 1. The van der Waals surface area contributed by atoms with Crippen molar-refractivity contribution in [1.29, 1.82) is 0 Å². The summed E-state index contributed by atoms with van der Waals surface area (Å²) in [5.74, 6) is 5.20. The molecule has 2 heterocycles. The Balaban J connectivity index is 2.24. The number of nitrogens with one attached hydrogen (secondary N) is 2. The average Bonchev–Trinajstić information content (AvgIpc) is 2.88. The first-order valence-electron chi connectivity index (χ1n) is 4.93. The molecule has 18 heavy (non-hydrogen) atoms. The quantitative estimate of drug-likeness (QED) is 0.404. The van der Waals surface area contributed by atoms with Gasteiger partial charge in [-0.05, 0) is 6.07 Å². The SMILES string of the molecule is NNc1ncnc(NCc2ccoc2)c1[N+](=O)[O-]. The summed E-state index contributed by atoms with van der Waals surface area (Å²) in [6.45, 7) is 0.346. The van der Waals surface area contributed by atoms with Crippen molar-refractivity contribution >= 4 is 17.3 Å². The van der Waals surface area contributed by atoms with Crippen LogP contribution in [0.15, 0.2) is 29.3 Å². The van der Waals surface area contributed by atoms with E-state index in [0.717, 1.165) is 5.56 Å². The third kappa shape index (κ3) is 2.35. The molecule has 0 spiro atoms. The fourth-order valence-electron chi connectivity index (χ4n) is 1.37. The maximum Gasteiger partial charge on any atom is 0.354 e. The number of nitrogens with zero attached hydrogens (tertiary/aromatic N) is 3. The maximum absolute atomic E-state index is 10.9. The molecule has 0 atom stereocenters. The van der Waals surface area contributed by atoms with Crippen LogP contribution in [0, 0.1) is 10.1 Å². The van der Waals surface area contributed by atoms with Crippen LogP contribution in [0.5, 0.6) is 0 Å². The molecule has 0 aliphatic heterocycles. The van der Waals surface area contributed by atoms with Crippen molar-refractivity contribution in [3.05, 3.63) is 40.6 Å². The van der Waals surface area contributed by atoms with Crippen molar-refractivity contribution < 1.29 is 9.34 Å². The van der Waals surface area contributed by atoms with E-state index < -0.39 is 4.92 Å². The van der Waals surface area contributed by atoms with Crippen LogP contribution in [0.1, 0.15) is 5.56 Å². The monoisotopic (exact) mass is 250 g/mol. The molecule has 2 aromatic heterocycles. The van der Waals surface area contributed by atoms with E-state index in [1.54, 1.807) is 6.07 Å². The first-order chi connectivity index (χ1) is 8.72. The van der Waals surface area contributed by atoms with Gasteiger partial charge >= 0.3 is 5.69 Å². The van der Waals surface area contributed by atoms with Crippen molar-refractivity contribution in [3.63, 3.8) is 0 Å². The summed E-state index contributed by atoms with van der Waals surface area (Å²) >= 11 is 0. The predicted octanol–water partition coefficient (Wildman–Crippen LogP) is 0.875. The summed E-state index contributed by atoms with van der Waals surface area (Å²) in [5.41, 5.74) is 2.69. The fourth-order valence-corrected chi connectivity index (χ4v) is 1.37. The molecule has 0 fully saturated rings. The van der Waals surface area contributed by atoms with Gasteiger partial charge in [-0.15, -0.1) is 0 Å². The van der Waals surface area contributed by atoms with Crippen molar-refractivity contribution in [2.45, 2.75) is 6.54 Å². The predicted molar refractivity (Wildman–Crippen MR) is 62.5 cm³/mol. The van der Waals surface area contributed by atoms with Crippen LogP contribution >= 0.6 is 0 Å². The van der Waals surface area contributed by atoms with Crippen LogP contribution in [-0.2, 0) is 6.54 Å². The lowest BCUT2D eigenvalue weighted by Gasteiger charge is -2.06. The van der Waals surface area contributed by atoms with E-state index >= 15 is 0 Å². The normalized spacial score (nSPS) is 10.1. The Labute approximate surface area is 101 Å². The minimum atomic E-state index is -0.604. The van der Waals surface area contributed by atoms with Gasteiger partial charge < -0.3 is 15.2 Å². The van der Waals surface area contributed by atoms with Gasteiger partial charge in [-0.3, -0.25) is 10.1 Å². The Hall–Kier alpha value is -2.68. The number of furan rings is 1. The van der Waals surface area contributed by atoms with Crippen LogP contribution in [0.3, 0.4) is 0 Å². The standard InChI is InChI=1S/C9H10N6O3/c10-14-9-7(15(16)17)8(12-5-13-9)11-3-6-1-2-18-4-6/h1-2,4-5H,3,10H2,(H2,11,12,13,14). The summed E-state index contributed by atoms with van der Waals surface area (Å²) in [6, 6.07) is 1.74. The molecule has 0 saturated carbocycles. The van der Waals surface area contributed by atoms with Crippen LogP contribution < -0.4 is 16.6 Å². The zero-order valence-corrected chi connectivity index (χ0v) is 9.16. The summed E-state index contributed by atoms with van der Waals surface area (Å²) in [5, 5.41) is 13.8. The van der Waals surface area contributed by atoms with Crippen LogP contribution in [-0.4, -0.2) is 14.9 Å². The lowest BCUT2D eigenvalue weighted by atomic mass is 10.3. The van der Waals surface area contributed by atoms with Gasteiger partial charge in [-0.1, -0.05) is 0 Å². The molecular weight excluding hydrogens is 240 g/mol. The smallest absolute Gasteiger partial charge is 0.354 e. The topological polar surface area (TPSA) is 132 Å². The molecule has 4 N–H and O–H groups in total. The number of hydrogen-bond donors (Lipinski definition) is 3. The Morgan fingerprint density at radius 1 is 1.44 bits per heavy atom. The molecule has 2 rings (SSSR count). The van der Waals surface area contributed by atoms with E-state index in [2.05, 4.69) is 20.7 Å². The second-order valence-corrected chi connectivity index (χ2v) is 3.31. The molecule has 0 aliphatic rings. The molecule has 2 aromatic rings. The van der Waals surface area contributed by atoms with E-state index in [0.29, 0.717) is 6.54 Å². The highest BCUT2D eigenvalue weighted by molar-refractivity contribution is 5.68. The second-order valence-electron chi connectivity index (χ2n) is 3.31. The highest BCUT2D eigenvalue weighted by Crippen LogP contribution is 2.28. The Morgan fingerprint density at radius 3 is 2.83 bits per heavy atom. The molecule has 0 unspecified atom stereocenters. The first-order valence-corrected chi connectivity index (χ1v) is 4.93. The van der Waals surface area contributed by atoms with Crippen molar-refractivity contribution in [1.82, 2.24) is 9.97 Å². The zero-order chi connectivity index (χ0) is 13.0. The zero-order valence-electron chi connectivity index (χ0n) is 9.16. The van der Waals surface area contributed by atoms with Crippen LogP contribution in [0.25, 0.3) is 0 Å². The number of nitro groups is 1. The molecule has 94 valence electrons. The molecule has 0 aliphatic carbocycles. The minimum Gasteiger partial charge on any atom is -0.472 e. The van der Waals surface area contributed by atoms with E-state index in [1.165, 1.54) is 18.9 Å². The third-order valence-corrected chi connectivity index (χ3v) is 2.18. The van der Waals surface area contributed by atoms with Gasteiger partial charge in [0.2, 0.25) is 11.6 Å². The number of rotatable bonds is 5. The van der Waals surface area contributed by atoms with Crippen LogP contribution in [0.4, 0.5) is 17.3 Å². The van der Waals surface area contributed by atoms with Gasteiger partial charge in [0, 0.05) is 12.1 Å². The number of nitrogen functional groups attached to an aromatic ring is 1. The van der Waals surface area contributed by atoms with Crippen molar-refractivity contribution in [2.24, 2.45) is 5.84 Å². The van der Waals surface area contributed by atoms with Crippen LogP contribution in [0.2, 0.25) is 0 Å².